The van der Waals surface area contributed by atoms with Crippen LogP contribution in [0.25, 0.3) is 0 Å². The molecule has 24 nitrogen and oxygen atoms in total. The number of aliphatic hydroxyl groups is 10. The fraction of sp³-hybridized carbons (Fsp3) is 0.933. The van der Waals surface area contributed by atoms with Crippen molar-refractivity contribution in [2.24, 2.45) is 5.92 Å². The van der Waals surface area contributed by atoms with Crippen LogP contribution in [-0.4, -0.2) is 204 Å². The van der Waals surface area contributed by atoms with Gasteiger partial charge in [0.15, 0.2) is 18.7 Å². The Morgan fingerprint density at radius 2 is 0.760 bits per heavy atom. The average molecular weight is 1460 g/mol. The second kappa shape index (κ2) is 56.1. The van der Waals surface area contributed by atoms with Crippen LogP contribution in [0.1, 0.15) is 310 Å². The van der Waals surface area contributed by atoms with Gasteiger partial charge in [0.2, 0.25) is 0 Å². The zero-order chi connectivity index (χ0) is 73.3. The summed E-state index contributed by atoms with van der Waals surface area (Å²) in [5.41, 5.74) is 0. The highest BCUT2D eigenvalue weighted by molar-refractivity contribution is 7.47. The molecule has 1 saturated carbocycles. The third kappa shape index (κ3) is 38.8. The van der Waals surface area contributed by atoms with Crippen molar-refractivity contribution in [1.29, 1.82) is 0 Å². The van der Waals surface area contributed by atoms with E-state index in [-0.39, 0.29) is 19.3 Å². The maximum Gasteiger partial charge on any atom is 0.472 e. The van der Waals surface area contributed by atoms with Gasteiger partial charge in [0.25, 0.3) is 0 Å². The molecule has 0 spiro atoms. The van der Waals surface area contributed by atoms with Crippen LogP contribution in [0.3, 0.4) is 0 Å². The predicted octanol–water partition coefficient (Wildman–Crippen LogP) is 11.4. The molecule has 2 aliphatic heterocycles. The molecule has 19 atom stereocenters. The smallest absolute Gasteiger partial charge is 0.463 e. The molecule has 588 valence electrons. The van der Waals surface area contributed by atoms with Crippen LogP contribution in [0.4, 0.5) is 0 Å². The molecule has 100 heavy (non-hydrogen) atoms. The molecule has 11 N–H and O–H groups in total. The molecule has 3 fully saturated rings. The van der Waals surface area contributed by atoms with E-state index in [1.807, 2.05) is 0 Å². The Morgan fingerprint density at radius 3 is 1.19 bits per heavy atom. The van der Waals surface area contributed by atoms with Crippen LogP contribution in [0, 0.1) is 5.92 Å². The molecular formula is C75H139O24P. The molecule has 1 aliphatic carbocycles. The zero-order valence-electron chi connectivity index (χ0n) is 61.7. The first kappa shape index (κ1) is 91.9. The second-order valence-electron chi connectivity index (χ2n) is 28.7. The summed E-state index contributed by atoms with van der Waals surface area (Å²) in [4.78, 5) is 51.1. The van der Waals surface area contributed by atoms with Crippen LogP contribution in [0.15, 0.2) is 12.2 Å². The van der Waals surface area contributed by atoms with Crippen LogP contribution >= 0.6 is 7.82 Å². The van der Waals surface area contributed by atoms with Gasteiger partial charge in [-0.1, -0.05) is 258 Å². The number of allylic oxidation sites excluding steroid dienone is 2. The number of ether oxygens (including phenoxy) is 7. The first-order valence-electron chi connectivity index (χ1n) is 39.4. The van der Waals surface area contributed by atoms with Gasteiger partial charge in [-0.15, -0.1) is 0 Å². The van der Waals surface area contributed by atoms with Crippen molar-refractivity contribution in [2.45, 2.75) is 414 Å². The Kier molecular flexibility index (Phi) is 51.5. The SMILES string of the molecule is CCCCCC/C=C\CCCCCCCCCC(=O)OC(COC(=O)CCCCCCCCC(C)CCCCCCCC)COP(=O)(O)OC1C(OC2OC(CO)C(O)C(O)C2O)C(O)C(O)C(O)C1OC1OC(COC(=O)CCCCCCCCCCCCCCCC)C(O)C(O)C1O. The Labute approximate surface area is 599 Å². The number of hydrogen-bond acceptors (Lipinski definition) is 23. The fourth-order valence-electron chi connectivity index (χ4n) is 13.2. The standard InChI is InChI=1S/C75H139O24P/c1-5-8-11-14-17-19-21-23-25-27-29-31-33-40-45-50-61(79)94-56(52-91-59(77)48-43-39-35-34-37-42-47-55(4)46-41-36-16-13-10-7-3)53-93-100(89,90)99-73-71(97-74-69(87)64(82)62(80)57(51-76)95-74)67(85)66(84)68(86)72(73)98-75-70(88)65(83)63(81)58(96-75)54-92-60(78)49-44-38-32-30-28-26-24-22-20-18-15-12-9-6-2/h19,21,55-58,62-76,80-88H,5-18,20,22-54H2,1-4H3,(H,89,90)/b21-19-. The van der Waals surface area contributed by atoms with Crippen LogP contribution < -0.4 is 0 Å². The first-order valence-corrected chi connectivity index (χ1v) is 40.9. The highest BCUT2D eigenvalue weighted by Gasteiger charge is 2.58. The van der Waals surface area contributed by atoms with Gasteiger partial charge in [-0.2, -0.15) is 0 Å². The Morgan fingerprint density at radius 1 is 0.410 bits per heavy atom. The number of esters is 3. The van der Waals surface area contributed by atoms with Gasteiger partial charge in [0.1, 0.15) is 98.7 Å². The topological polar surface area (TPSA) is 374 Å². The maximum atomic E-state index is 14.4. The molecule has 0 aromatic carbocycles. The van der Waals surface area contributed by atoms with Crippen molar-refractivity contribution >= 4 is 25.7 Å². The van der Waals surface area contributed by atoms with Gasteiger partial charge in [-0.25, -0.2) is 4.57 Å². The quantitative estimate of drug-likeness (QED) is 0.00886. The van der Waals surface area contributed by atoms with E-state index in [1.54, 1.807) is 0 Å². The number of phosphoric ester groups is 1. The van der Waals surface area contributed by atoms with Crippen molar-refractivity contribution < 1.29 is 117 Å². The molecule has 0 aromatic heterocycles. The lowest BCUT2D eigenvalue weighted by Crippen LogP contribution is -2.69. The predicted molar refractivity (Wildman–Crippen MR) is 379 cm³/mol. The Hall–Kier alpha value is -2.30. The number of rotatable bonds is 61. The van der Waals surface area contributed by atoms with E-state index >= 15 is 0 Å². The molecular weight excluding hydrogens is 1320 g/mol. The Bertz CT molecular complexity index is 2130. The molecule has 3 rings (SSSR count). The normalized spacial score (nSPS) is 27.7. The number of phosphoric acid groups is 1. The molecule has 0 amide bonds. The second-order valence-corrected chi connectivity index (χ2v) is 30.1. The van der Waals surface area contributed by atoms with E-state index in [1.165, 1.54) is 128 Å². The summed E-state index contributed by atoms with van der Waals surface area (Å²) in [6.45, 7) is 5.78. The lowest BCUT2D eigenvalue weighted by atomic mass is 9.84. The monoisotopic (exact) mass is 1450 g/mol. The molecule has 2 heterocycles. The number of aliphatic hydroxyl groups excluding tert-OH is 10. The van der Waals surface area contributed by atoms with Crippen LogP contribution in [-0.2, 0) is 61.2 Å². The maximum absolute atomic E-state index is 14.4. The van der Waals surface area contributed by atoms with Crippen molar-refractivity contribution in [3.05, 3.63) is 12.2 Å². The van der Waals surface area contributed by atoms with E-state index in [0.717, 1.165) is 116 Å². The lowest BCUT2D eigenvalue weighted by Gasteiger charge is -2.49. The van der Waals surface area contributed by atoms with E-state index in [4.69, 9.17) is 42.2 Å². The average Bonchev–Trinajstić information content (AvgIpc) is 0.762. The third-order valence-electron chi connectivity index (χ3n) is 19.7. The summed E-state index contributed by atoms with van der Waals surface area (Å²) in [7, 11) is -5.70. The summed E-state index contributed by atoms with van der Waals surface area (Å²) < 4.78 is 65.2. The summed E-state index contributed by atoms with van der Waals surface area (Å²) >= 11 is 0. The van der Waals surface area contributed by atoms with Gasteiger partial charge in [-0.05, 0) is 50.9 Å². The minimum absolute atomic E-state index is 0.0321. The minimum Gasteiger partial charge on any atom is -0.463 e. The first-order chi connectivity index (χ1) is 48.2. The molecule has 25 heteroatoms. The lowest BCUT2D eigenvalue weighted by molar-refractivity contribution is -0.360. The molecule has 0 aromatic rings. The van der Waals surface area contributed by atoms with Gasteiger partial charge in [0, 0.05) is 19.3 Å². The third-order valence-corrected chi connectivity index (χ3v) is 20.7. The van der Waals surface area contributed by atoms with E-state index in [0.29, 0.717) is 25.2 Å². The van der Waals surface area contributed by atoms with Crippen molar-refractivity contribution in [2.75, 3.05) is 26.4 Å². The minimum atomic E-state index is -5.70. The van der Waals surface area contributed by atoms with E-state index < -0.39 is 156 Å². The van der Waals surface area contributed by atoms with Gasteiger partial charge in [-0.3, -0.25) is 23.4 Å². The molecule has 2 saturated heterocycles. The summed E-state index contributed by atoms with van der Waals surface area (Å²) in [5, 5.41) is 110. The van der Waals surface area contributed by atoms with Crippen molar-refractivity contribution in [3.8, 4) is 0 Å². The molecule has 3 aliphatic rings. The fourth-order valence-corrected chi connectivity index (χ4v) is 14.1. The van der Waals surface area contributed by atoms with Gasteiger partial charge in [0.05, 0.1) is 13.2 Å². The number of hydrogen-bond donors (Lipinski definition) is 11. The van der Waals surface area contributed by atoms with Crippen LogP contribution in [0.5, 0.6) is 0 Å². The van der Waals surface area contributed by atoms with Crippen molar-refractivity contribution in [3.63, 3.8) is 0 Å². The highest BCUT2D eigenvalue weighted by Crippen LogP contribution is 2.49. The summed E-state index contributed by atoms with van der Waals surface area (Å²) in [5.74, 6) is -1.29. The summed E-state index contributed by atoms with van der Waals surface area (Å²) in [6, 6.07) is 0. The van der Waals surface area contributed by atoms with Gasteiger partial charge < -0.3 is 89.1 Å². The summed E-state index contributed by atoms with van der Waals surface area (Å²) in [6.07, 6.45) is 14.1. The highest BCUT2D eigenvalue weighted by atomic mass is 31.2. The van der Waals surface area contributed by atoms with Crippen LogP contribution in [0.2, 0.25) is 0 Å². The Balaban J connectivity index is 1.73. The number of carbonyl (C=O) groups is 3. The van der Waals surface area contributed by atoms with E-state index in [2.05, 4.69) is 39.8 Å². The van der Waals surface area contributed by atoms with Crippen molar-refractivity contribution in [1.82, 2.24) is 0 Å². The number of unbranched alkanes of at least 4 members (excludes halogenated alkanes) is 34. The van der Waals surface area contributed by atoms with E-state index in [9.17, 15) is 74.9 Å². The molecule has 0 radical (unpaired) electrons. The number of carbonyl (C=O) groups excluding carboxylic acids is 3. The van der Waals surface area contributed by atoms with Gasteiger partial charge >= 0.3 is 25.7 Å². The largest absolute Gasteiger partial charge is 0.472 e. The zero-order valence-corrected chi connectivity index (χ0v) is 62.6. The molecule has 0 bridgehead atoms. The molecule has 19 unspecified atom stereocenters.